The van der Waals surface area contributed by atoms with E-state index in [4.69, 9.17) is 9.15 Å². The van der Waals surface area contributed by atoms with Crippen LogP contribution >= 0.6 is 0 Å². The van der Waals surface area contributed by atoms with Crippen LogP contribution in [0, 0.1) is 6.92 Å². The van der Waals surface area contributed by atoms with E-state index in [1.54, 1.807) is 36.6 Å². The third kappa shape index (κ3) is 2.81. The number of carbonyl (C=O) groups excluding carboxylic acids is 1. The first-order valence-corrected chi connectivity index (χ1v) is 6.27. The van der Waals surface area contributed by atoms with E-state index in [0.29, 0.717) is 11.3 Å². The molecule has 3 aromatic rings. The van der Waals surface area contributed by atoms with Crippen molar-refractivity contribution in [3.05, 3.63) is 59.8 Å². The molecule has 0 spiro atoms. The lowest BCUT2D eigenvalue weighted by Gasteiger charge is -2.05. The first-order valence-electron chi connectivity index (χ1n) is 6.27. The van der Waals surface area contributed by atoms with Crippen molar-refractivity contribution in [1.29, 1.82) is 0 Å². The molecule has 0 aliphatic carbocycles. The third-order valence-corrected chi connectivity index (χ3v) is 3.02. The van der Waals surface area contributed by atoms with E-state index in [2.05, 4.69) is 15.5 Å². The molecule has 0 unspecified atom stereocenters. The highest BCUT2D eigenvalue weighted by molar-refractivity contribution is 5.90. The second kappa shape index (κ2) is 5.58. The van der Waals surface area contributed by atoms with Crippen molar-refractivity contribution in [2.24, 2.45) is 0 Å². The molecule has 0 radical (unpaired) electrons. The molecule has 106 valence electrons. The first-order chi connectivity index (χ1) is 10.2. The van der Waals surface area contributed by atoms with Gasteiger partial charge in [0.1, 0.15) is 18.7 Å². The Kier molecular flexibility index (Phi) is 3.46. The molecule has 0 amide bonds. The molecular weight excluding hydrogens is 272 g/mol. The maximum Gasteiger partial charge on any atom is 0.338 e. The SMILES string of the molecule is Cc1occc1COC(=O)c1cccc(-n2cnnn2)c1. The Balaban J connectivity index is 1.73. The number of esters is 1. The number of aromatic nitrogens is 4. The molecule has 21 heavy (non-hydrogen) atoms. The van der Waals surface area contributed by atoms with Crippen LogP contribution in [-0.2, 0) is 11.3 Å². The number of hydrogen-bond donors (Lipinski definition) is 0. The molecule has 0 fully saturated rings. The Bertz CT molecular complexity index is 749. The summed E-state index contributed by atoms with van der Waals surface area (Å²) >= 11 is 0. The largest absolute Gasteiger partial charge is 0.469 e. The standard InChI is InChI=1S/C14H12N4O3/c1-10-12(5-6-20-10)8-21-14(19)11-3-2-4-13(7-11)18-9-15-16-17-18/h2-7,9H,8H2,1H3. The zero-order valence-electron chi connectivity index (χ0n) is 11.3. The van der Waals surface area contributed by atoms with Crippen LogP contribution in [0.2, 0.25) is 0 Å². The number of benzene rings is 1. The second-order valence-electron chi connectivity index (χ2n) is 4.38. The van der Waals surface area contributed by atoms with Crippen molar-refractivity contribution in [3.8, 4) is 5.69 Å². The minimum Gasteiger partial charge on any atom is -0.469 e. The molecule has 0 atom stereocenters. The number of aryl methyl sites for hydroxylation is 1. The van der Waals surface area contributed by atoms with Crippen molar-refractivity contribution in [1.82, 2.24) is 20.2 Å². The molecule has 2 aromatic heterocycles. The Morgan fingerprint density at radius 1 is 1.38 bits per heavy atom. The van der Waals surface area contributed by atoms with Gasteiger partial charge in [-0.05, 0) is 41.6 Å². The normalized spacial score (nSPS) is 10.5. The van der Waals surface area contributed by atoms with Crippen LogP contribution in [0.5, 0.6) is 0 Å². The minimum absolute atomic E-state index is 0.177. The molecule has 7 heteroatoms. The Labute approximate surface area is 120 Å². The highest BCUT2D eigenvalue weighted by Gasteiger charge is 2.11. The summed E-state index contributed by atoms with van der Waals surface area (Å²) in [4.78, 5) is 12.1. The fourth-order valence-corrected chi connectivity index (χ4v) is 1.84. The number of rotatable bonds is 4. The van der Waals surface area contributed by atoms with Gasteiger partial charge in [-0.25, -0.2) is 9.48 Å². The minimum atomic E-state index is -0.412. The van der Waals surface area contributed by atoms with E-state index in [1.165, 1.54) is 11.0 Å². The molecule has 0 bridgehead atoms. The zero-order chi connectivity index (χ0) is 14.7. The van der Waals surface area contributed by atoms with Gasteiger partial charge in [0.15, 0.2) is 0 Å². The van der Waals surface area contributed by atoms with Crippen LogP contribution in [0.3, 0.4) is 0 Å². The number of carbonyl (C=O) groups is 1. The first kappa shape index (κ1) is 13.0. The Morgan fingerprint density at radius 2 is 2.29 bits per heavy atom. The van der Waals surface area contributed by atoms with E-state index >= 15 is 0 Å². The number of tetrazole rings is 1. The average Bonchev–Trinajstić information content (AvgIpc) is 3.16. The molecule has 0 saturated heterocycles. The lowest BCUT2D eigenvalue weighted by molar-refractivity contribution is 0.0471. The van der Waals surface area contributed by atoms with Gasteiger partial charge in [0.2, 0.25) is 0 Å². The topological polar surface area (TPSA) is 83.0 Å². The molecule has 0 saturated carbocycles. The van der Waals surface area contributed by atoms with Crippen LogP contribution in [0.25, 0.3) is 5.69 Å². The van der Waals surface area contributed by atoms with Crippen LogP contribution in [0.1, 0.15) is 21.7 Å². The summed E-state index contributed by atoms with van der Waals surface area (Å²) in [6, 6.07) is 8.67. The average molecular weight is 284 g/mol. The lowest BCUT2D eigenvalue weighted by atomic mass is 10.2. The Hall–Kier alpha value is -2.96. The Morgan fingerprint density at radius 3 is 3.00 bits per heavy atom. The van der Waals surface area contributed by atoms with Gasteiger partial charge >= 0.3 is 5.97 Å². The zero-order valence-corrected chi connectivity index (χ0v) is 11.3. The monoisotopic (exact) mass is 284 g/mol. The van der Waals surface area contributed by atoms with Crippen molar-refractivity contribution in [2.75, 3.05) is 0 Å². The molecule has 1 aromatic carbocycles. The van der Waals surface area contributed by atoms with Gasteiger partial charge in [-0.15, -0.1) is 5.10 Å². The van der Waals surface area contributed by atoms with Crippen molar-refractivity contribution in [3.63, 3.8) is 0 Å². The van der Waals surface area contributed by atoms with E-state index in [9.17, 15) is 4.79 Å². The predicted octanol–water partition coefficient (Wildman–Crippen LogP) is 1.92. The van der Waals surface area contributed by atoms with Gasteiger partial charge in [0.25, 0.3) is 0 Å². The van der Waals surface area contributed by atoms with Gasteiger partial charge in [-0.1, -0.05) is 6.07 Å². The maximum absolute atomic E-state index is 12.1. The summed E-state index contributed by atoms with van der Waals surface area (Å²) in [6.07, 6.45) is 3.02. The molecule has 0 aliphatic heterocycles. The third-order valence-electron chi connectivity index (χ3n) is 3.02. The molecule has 0 aliphatic rings. The van der Waals surface area contributed by atoms with E-state index in [-0.39, 0.29) is 6.61 Å². The highest BCUT2D eigenvalue weighted by Crippen LogP contribution is 2.13. The van der Waals surface area contributed by atoms with Gasteiger partial charge in [-0.3, -0.25) is 0 Å². The molecule has 7 nitrogen and oxygen atoms in total. The quantitative estimate of drug-likeness (QED) is 0.681. The van der Waals surface area contributed by atoms with Gasteiger partial charge < -0.3 is 9.15 Å². The fourth-order valence-electron chi connectivity index (χ4n) is 1.84. The van der Waals surface area contributed by atoms with E-state index in [0.717, 1.165) is 11.3 Å². The number of nitrogens with zero attached hydrogens (tertiary/aromatic N) is 4. The molecule has 2 heterocycles. The lowest BCUT2D eigenvalue weighted by Crippen LogP contribution is -2.06. The van der Waals surface area contributed by atoms with Gasteiger partial charge in [0, 0.05) is 5.56 Å². The molecular formula is C14H12N4O3. The summed E-state index contributed by atoms with van der Waals surface area (Å²) in [6.45, 7) is 2.00. The number of furan rings is 1. The smallest absolute Gasteiger partial charge is 0.338 e. The summed E-state index contributed by atoms with van der Waals surface area (Å²) in [5.41, 5.74) is 1.97. The second-order valence-corrected chi connectivity index (χ2v) is 4.38. The van der Waals surface area contributed by atoms with Crippen molar-refractivity contribution >= 4 is 5.97 Å². The fraction of sp³-hybridized carbons (Fsp3) is 0.143. The van der Waals surface area contributed by atoms with Crippen molar-refractivity contribution < 1.29 is 13.9 Å². The summed E-state index contributed by atoms with van der Waals surface area (Å²) < 4.78 is 11.9. The van der Waals surface area contributed by atoms with Crippen LogP contribution in [0.15, 0.2) is 47.3 Å². The van der Waals surface area contributed by atoms with Gasteiger partial charge in [-0.2, -0.15) is 0 Å². The molecule has 0 N–H and O–H groups in total. The van der Waals surface area contributed by atoms with Crippen molar-refractivity contribution in [2.45, 2.75) is 13.5 Å². The summed E-state index contributed by atoms with van der Waals surface area (Å²) in [5.74, 6) is 0.329. The van der Waals surface area contributed by atoms with Crippen LogP contribution in [-0.4, -0.2) is 26.2 Å². The predicted molar refractivity (Wildman–Crippen MR) is 71.7 cm³/mol. The van der Waals surface area contributed by atoms with E-state index < -0.39 is 5.97 Å². The summed E-state index contributed by atoms with van der Waals surface area (Å²) in [7, 11) is 0. The highest BCUT2D eigenvalue weighted by atomic mass is 16.5. The van der Waals surface area contributed by atoms with E-state index in [1.807, 2.05) is 6.92 Å². The maximum atomic E-state index is 12.1. The van der Waals surface area contributed by atoms with Crippen LogP contribution in [0.4, 0.5) is 0 Å². The number of hydrogen-bond acceptors (Lipinski definition) is 6. The molecule has 3 rings (SSSR count). The summed E-state index contributed by atoms with van der Waals surface area (Å²) in [5, 5.41) is 10.9. The number of ether oxygens (including phenoxy) is 1. The van der Waals surface area contributed by atoms with Crippen LogP contribution < -0.4 is 0 Å². The van der Waals surface area contributed by atoms with Gasteiger partial charge in [0.05, 0.1) is 17.5 Å².